The van der Waals surface area contributed by atoms with Gasteiger partial charge in [-0.3, -0.25) is 0 Å². The number of rotatable bonds is 6. The lowest BCUT2D eigenvalue weighted by molar-refractivity contribution is 0.159. The molecular formula is C12H18FNO2. The number of benzene rings is 1. The fraction of sp³-hybridized carbons (Fsp3) is 0.500. The summed E-state index contributed by atoms with van der Waals surface area (Å²) in [4.78, 5) is 0. The molecule has 1 aromatic carbocycles. The molecule has 0 amide bonds. The highest BCUT2D eigenvalue weighted by molar-refractivity contribution is 5.27. The van der Waals surface area contributed by atoms with Crippen LogP contribution in [-0.2, 0) is 6.54 Å². The second kappa shape index (κ2) is 6.45. The largest absolute Gasteiger partial charge is 0.505 e. The molecule has 4 heteroatoms. The summed E-state index contributed by atoms with van der Waals surface area (Å²) in [5.74, 6) is -0.932. The molecule has 0 heterocycles. The average molecular weight is 227 g/mol. The predicted octanol–water partition coefficient (Wildman–Crippen LogP) is 1.78. The van der Waals surface area contributed by atoms with Crippen LogP contribution in [0.3, 0.4) is 0 Å². The first-order valence-electron chi connectivity index (χ1n) is 5.49. The number of halogens is 1. The van der Waals surface area contributed by atoms with Crippen LogP contribution in [0.5, 0.6) is 5.75 Å². The van der Waals surface area contributed by atoms with Crippen LogP contribution in [0, 0.1) is 5.82 Å². The first-order valence-corrected chi connectivity index (χ1v) is 5.49. The SMILES string of the molecule is CCC(O)CCNCc1ccc(O)c(F)c1. The van der Waals surface area contributed by atoms with Gasteiger partial charge < -0.3 is 15.5 Å². The van der Waals surface area contributed by atoms with Crippen molar-refractivity contribution in [1.82, 2.24) is 5.32 Å². The van der Waals surface area contributed by atoms with Crippen LogP contribution >= 0.6 is 0 Å². The molecule has 3 nitrogen and oxygen atoms in total. The smallest absolute Gasteiger partial charge is 0.165 e. The van der Waals surface area contributed by atoms with Gasteiger partial charge in [0.15, 0.2) is 11.6 Å². The van der Waals surface area contributed by atoms with E-state index in [-0.39, 0.29) is 11.9 Å². The molecule has 3 N–H and O–H groups in total. The molecule has 0 bridgehead atoms. The van der Waals surface area contributed by atoms with Crippen LogP contribution in [0.2, 0.25) is 0 Å². The molecule has 0 radical (unpaired) electrons. The van der Waals surface area contributed by atoms with Gasteiger partial charge in [0.1, 0.15) is 0 Å². The van der Waals surface area contributed by atoms with E-state index in [0.717, 1.165) is 12.0 Å². The van der Waals surface area contributed by atoms with Gasteiger partial charge in [-0.25, -0.2) is 4.39 Å². The summed E-state index contributed by atoms with van der Waals surface area (Å²) >= 11 is 0. The fourth-order valence-corrected chi connectivity index (χ4v) is 1.37. The molecule has 1 aromatic rings. The highest BCUT2D eigenvalue weighted by Crippen LogP contribution is 2.15. The Labute approximate surface area is 94.9 Å². The second-order valence-corrected chi connectivity index (χ2v) is 3.81. The third-order valence-corrected chi connectivity index (χ3v) is 2.47. The van der Waals surface area contributed by atoms with E-state index in [9.17, 15) is 9.50 Å². The standard InChI is InChI=1S/C12H18FNO2/c1-2-10(15)5-6-14-8-9-3-4-12(16)11(13)7-9/h3-4,7,10,14-16H,2,5-6,8H2,1H3. The summed E-state index contributed by atoms with van der Waals surface area (Å²) in [5, 5.41) is 21.4. The number of aliphatic hydroxyl groups excluding tert-OH is 1. The number of aromatic hydroxyl groups is 1. The number of phenols is 1. The molecule has 0 aliphatic heterocycles. The molecule has 0 aliphatic carbocycles. The first kappa shape index (κ1) is 12.9. The summed E-state index contributed by atoms with van der Waals surface area (Å²) < 4.78 is 13.0. The van der Waals surface area contributed by atoms with Gasteiger partial charge in [-0.05, 0) is 37.1 Å². The van der Waals surface area contributed by atoms with E-state index in [4.69, 9.17) is 5.11 Å². The third kappa shape index (κ3) is 4.16. The van der Waals surface area contributed by atoms with E-state index in [1.54, 1.807) is 6.07 Å². The Balaban J connectivity index is 2.29. The number of aliphatic hydroxyl groups is 1. The van der Waals surface area contributed by atoms with E-state index in [0.29, 0.717) is 19.5 Å². The maximum absolute atomic E-state index is 13.0. The van der Waals surface area contributed by atoms with Gasteiger partial charge in [0, 0.05) is 6.54 Å². The van der Waals surface area contributed by atoms with Gasteiger partial charge in [0.05, 0.1) is 6.10 Å². The Kier molecular flexibility index (Phi) is 5.22. The molecular weight excluding hydrogens is 209 g/mol. The minimum atomic E-state index is -0.604. The zero-order valence-corrected chi connectivity index (χ0v) is 9.41. The molecule has 1 atom stereocenters. The zero-order valence-electron chi connectivity index (χ0n) is 9.41. The Bertz CT molecular complexity index is 331. The Hall–Kier alpha value is -1.13. The van der Waals surface area contributed by atoms with Gasteiger partial charge in [-0.1, -0.05) is 13.0 Å². The topological polar surface area (TPSA) is 52.5 Å². The Morgan fingerprint density at radius 2 is 2.19 bits per heavy atom. The average Bonchev–Trinajstić information content (AvgIpc) is 2.28. The van der Waals surface area contributed by atoms with Crippen molar-refractivity contribution >= 4 is 0 Å². The summed E-state index contributed by atoms with van der Waals surface area (Å²) in [6.45, 7) is 3.16. The summed E-state index contributed by atoms with van der Waals surface area (Å²) in [7, 11) is 0. The maximum atomic E-state index is 13.0. The predicted molar refractivity (Wildman–Crippen MR) is 60.7 cm³/mol. The molecule has 1 unspecified atom stereocenters. The van der Waals surface area contributed by atoms with E-state index in [1.807, 2.05) is 6.92 Å². The zero-order chi connectivity index (χ0) is 12.0. The lowest BCUT2D eigenvalue weighted by Gasteiger charge is -2.09. The minimum Gasteiger partial charge on any atom is -0.505 e. The Morgan fingerprint density at radius 3 is 2.81 bits per heavy atom. The maximum Gasteiger partial charge on any atom is 0.165 e. The lowest BCUT2D eigenvalue weighted by atomic mass is 10.2. The van der Waals surface area contributed by atoms with Crippen molar-refractivity contribution in [3.05, 3.63) is 29.6 Å². The number of phenolic OH excluding ortho intramolecular Hbond substituents is 1. The molecule has 0 aliphatic rings. The van der Waals surface area contributed by atoms with Gasteiger partial charge >= 0.3 is 0 Å². The molecule has 90 valence electrons. The van der Waals surface area contributed by atoms with E-state index < -0.39 is 5.82 Å². The van der Waals surface area contributed by atoms with Crippen LogP contribution < -0.4 is 5.32 Å². The quantitative estimate of drug-likeness (QED) is 0.649. The van der Waals surface area contributed by atoms with Gasteiger partial charge in [-0.15, -0.1) is 0 Å². The highest BCUT2D eigenvalue weighted by atomic mass is 19.1. The van der Waals surface area contributed by atoms with Gasteiger partial charge in [0.25, 0.3) is 0 Å². The fourth-order valence-electron chi connectivity index (χ4n) is 1.37. The van der Waals surface area contributed by atoms with Crippen LogP contribution in [0.4, 0.5) is 4.39 Å². The number of nitrogens with one attached hydrogen (secondary N) is 1. The number of hydrogen-bond donors (Lipinski definition) is 3. The Morgan fingerprint density at radius 1 is 1.44 bits per heavy atom. The van der Waals surface area contributed by atoms with E-state index in [2.05, 4.69) is 5.32 Å². The summed E-state index contributed by atoms with van der Waals surface area (Å²) in [6.07, 6.45) is 1.16. The number of hydrogen-bond acceptors (Lipinski definition) is 3. The van der Waals surface area contributed by atoms with Crippen molar-refractivity contribution in [3.8, 4) is 5.75 Å². The molecule has 0 spiro atoms. The lowest BCUT2D eigenvalue weighted by Crippen LogP contribution is -2.19. The molecule has 0 fully saturated rings. The molecule has 1 rings (SSSR count). The van der Waals surface area contributed by atoms with Crippen molar-refractivity contribution in [2.75, 3.05) is 6.54 Å². The van der Waals surface area contributed by atoms with Crippen LogP contribution in [0.1, 0.15) is 25.3 Å². The first-order chi connectivity index (χ1) is 7.63. The van der Waals surface area contributed by atoms with Crippen molar-refractivity contribution in [3.63, 3.8) is 0 Å². The van der Waals surface area contributed by atoms with Crippen LogP contribution in [-0.4, -0.2) is 22.9 Å². The van der Waals surface area contributed by atoms with Gasteiger partial charge in [-0.2, -0.15) is 0 Å². The monoisotopic (exact) mass is 227 g/mol. The second-order valence-electron chi connectivity index (χ2n) is 3.81. The highest BCUT2D eigenvalue weighted by Gasteiger charge is 2.02. The third-order valence-electron chi connectivity index (χ3n) is 2.47. The van der Waals surface area contributed by atoms with Crippen molar-refractivity contribution in [1.29, 1.82) is 0 Å². The normalized spacial score (nSPS) is 12.7. The van der Waals surface area contributed by atoms with Crippen LogP contribution in [0.25, 0.3) is 0 Å². The molecule has 0 saturated heterocycles. The van der Waals surface area contributed by atoms with Gasteiger partial charge in [0.2, 0.25) is 0 Å². The molecule has 0 aromatic heterocycles. The van der Waals surface area contributed by atoms with Crippen molar-refractivity contribution < 1.29 is 14.6 Å². The minimum absolute atomic E-state index is 0.274. The van der Waals surface area contributed by atoms with E-state index >= 15 is 0 Å². The van der Waals surface area contributed by atoms with Crippen molar-refractivity contribution in [2.45, 2.75) is 32.4 Å². The molecule has 16 heavy (non-hydrogen) atoms. The van der Waals surface area contributed by atoms with Crippen LogP contribution in [0.15, 0.2) is 18.2 Å². The van der Waals surface area contributed by atoms with Crippen molar-refractivity contribution in [2.24, 2.45) is 0 Å². The molecule has 0 saturated carbocycles. The summed E-state index contributed by atoms with van der Waals surface area (Å²) in [6, 6.07) is 4.31. The van der Waals surface area contributed by atoms with E-state index in [1.165, 1.54) is 12.1 Å². The summed E-state index contributed by atoms with van der Waals surface area (Å²) in [5.41, 5.74) is 0.779.